The van der Waals surface area contributed by atoms with E-state index in [-0.39, 0.29) is 22.5 Å². The van der Waals surface area contributed by atoms with E-state index in [0.717, 1.165) is 5.56 Å². The van der Waals surface area contributed by atoms with E-state index in [2.05, 4.69) is 15.3 Å². The lowest BCUT2D eigenvalue weighted by Crippen LogP contribution is -2.35. The number of aryl methyl sites for hydroxylation is 3. The van der Waals surface area contributed by atoms with Crippen molar-refractivity contribution < 1.29 is 4.79 Å². The first-order valence-electron chi connectivity index (χ1n) is 9.84. The van der Waals surface area contributed by atoms with E-state index in [1.54, 1.807) is 29.4 Å². The molecule has 9 heteroatoms. The van der Waals surface area contributed by atoms with Crippen molar-refractivity contribution in [3.63, 3.8) is 0 Å². The molecule has 0 aliphatic rings. The van der Waals surface area contributed by atoms with Gasteiger partial charge in [0.25, 0.3) is 11.5 Å². The van der Waals surface area contributed by atoms with Gasteiger partial charge in [0.15, 0.2) is 0 Å². The molecular formula is C21H23N7O2. The highest BCUT2D eigenvalue weighted by molar-refractivity contribution is 5.96. The van der Waals surface area contributed by atoms with Crippen LogP contribution in [-0.2, 0) is 13.1 Å². The Hall–Kier alpha value is -3.75. The van der Waals surface area contributed by atoms with Gasteiger partial charge in [-0.3, -0.25) is 19.4 Å². The fourth-order valence-electron chi connectivity index (χ4n) is 3.52. The zero-order chi connectivity index (χ0) is 21.3. The summed E-state index contributed by atoms with van der Waals surface area (Å²) in [4.78, 5) is 34.5. The lowest BCUT2D eigenvalue weighted by atomic mass is 10.2. The summed E-state index contributed by atoms with van der Waals surface area (Å²) in [6, 6.07) is 5.16. The number of amides is 1. The minimum absolute atomic E-state index is 0.0439. The van der Waals surface area contributed by atoms with Crippen LogP contribution in [0.25, 0.3) is 16.7 Å². The van der Waals surface area contributed by atoms with Crippen LogP contribution in [0.3, 0.4) is 0 Å². The van der Waals surface area contributed by atoms with Crippen molar-refractivity contribution in [2.75, 3.05) is 6.54 Å². The molecule has 0 saturated heterocycles. The van der Waals surface area contributed by atoms with Gasteiger partial charge in [-0.05, 0) is 38.0 Å². The Kier molecular flexibility index (Phi) is 5.18. The first-order valence-corrected chi connectivity index (χ1v) is 9.84. The third-order valence-electron chi connectivity index (χ3n) is 4.99. The van der Waals surface area contributed by atoms with Crippen LogP contribution in [0.5, 0.6) is 0 Å². The van der Waals surface area contributed by atoms with Gasteiger partial charge in [-0.15, -0.1) is 0 Å². The molecule has 154 valence electrons. The Labute approximate surface area is 172 Å². The number of fused-ring (bicyclic) bond motifs is 2. The average Bonchev–Trinajstić information content (AvgIpc) is 3.24. The molecule has 0 aromatic carbocycles. The van der Waals surface area contributed by atoms with Gasteiger partial charge in [-0.25, -0.2) is 9.97 Å². The average molecular weight is 405 g/mol. The summed E-state index contributed by atoms with van der Waals surface area (Å²) >= 11 is 0. The zero-order valence-corrected chi connectivity index (χ0v) is 16.9. The number of nitrogens with zero attached hydrogens (tertiary/aromatic N) is 5. The maximum absolute atomic E-state index is 13.2. The first kappa shape index (κ1) is 19.6. The molecule has 1 amide bonds. The van der Waals surface area contributed by atoms with E-state index in [1.165, 1.54) is 10.5 Å². The number of hydrogen-bond acceptors (Lipinski definition) is 5. The molecule has 0 unspecified atom stereocenters. The highest BCUT2D eigenvalue weighted by atomic mass is 16.1. The van der Waals surface area contributed by atoms with Crippen molar-refractivity contribution in [3.05, 3.63) is 70.1 Å². The molecule has 0 saturated carbocycles. The number of nitrogens with one attached hydrogen (secondary N) is 2. The summed E-state index contributed by atoms with van der Waals surface area (Å²) in [6.07, 6.45) is 7.74. The van der Waals surface area contributed by atoms with Crippen LogP contribution in [0.15, 0.2) is 47.9 Å². The third kappa shape index (κ3) is 3.49. The van der Waals surface area contributed by atoms with Crippen LogP contribution in [0.4, 0.5) is 0 Å². The van der Waals surface area contributed by atoms with Crippen molar-refractivity contribution in [1.82, 2.24) is 28.8 Å². The van der Waals surface area contributed by atoms with Crippen molar-refractivity contribution in [2.45, 2.75) is 33.4 Å². The summed E-state index contributed by atoms with van der Waals surface area (Å²) in [5, 5.41) is 11.7. The Morgan fingerprint density at radius 2 is 2.10 bits per heavy atom. The maximum atomic E-state index is 13.2. The molecule has 0 bridgehead atoms. The molecule has 0 fully saturated rings. The SMILES string of the molecule is CCNC(=O)c1cc2c(=O)n3cc(C)ccc3nc2n(CCCn2ccnc2)c1=N. The number of hydrogen-bond donors (Lipinski definition) is 2. The Morgan fingerprint density at radius 3 is 2.83 bits per heavy atom. The van der Waals surface area contributed by atoms with Crippen LogP contribution < -0.4 is 16.4 Å². The fraction of sp³-hybridized carbons (Fsp3) is 0.286. The smallest absolute Gasteiger partial charge is 0.267 e. The topological polar surface area (TPSA) is 110 Å². The highest BCUT2D eigenvalue weighted by Gasteiger charge is 2.17. The summed E-state index contributed by atoms with van der Waals surface area (Å²) in [6.45, 7) is 5.29. The Bertz CT molecular complexity index is 1350. The van der Waals surface area contributed by atoms with Gasteiger partial charge >= 0.3 is 0 Å². The number of imidazole rings is 1. The highest BCUT2D eigenvalue weighted by Crippen LogP contribution is 2.12. The second kappa shape index (κ2) is 7.94. The van der Waals surface area contributed by atoms with E-state index >= 15 is 0 Å². The van der Waals surface area contributed by atoms with Gasteiger partial charge in [-0.2, -0.15) is 0 Å². The number of pyridine rings is 2. The quantitative estimate of drug-likeness (QED) is 0.473. The molecule has 0 atom stereocenters. The Balaban J connectivity index is 1.91. The van der Waals surface area contributed by atoms with E-state index in [1.807, 2.05) is 30.7 Å². The number of carbonyl (C=O) groups excluding carboxylic acids is 1. The summed E-state index contributed by atoms with van der Waals surface area (Å²) in [7, 11) is 0. The zero-order valence-electron chi connectivity index (χ0n) is 16.9. The largest absolute Gasteiger partial charge is 0.352 e. The van der Waals surface area contributed by atoms with Crippen molar-refractivity contribution in [3.8, 4) is 0 Å². The van der Waals surface area contributed by atoms with Gasteiger partial charge < -0.3 is 14.5 Å². The van der Waals surface area contributed by atoms with Crippen LogP contribution in [-0.4, -0.2) is 36.0 Å². The molecule has 4 heterocycles. The summed E-state index contributed by atoms with van der Waals surface area (Å²) in [5.41, 5.74) is 1.80. The van der Waals surface area contributed by atoms with Gasteiger partial charge in [-0.1, -0.05) is 6.07 Å². The molecule has 0 aliphatic heterocycles. The fourth-order valence-corrected chi connectivity index (χ4v) is 3.52. The van der Waals surface area contributed by atoms with Gasteiger partial charge in [0.05, 0.1) is 17.3 Å². The van der Waals surface area contributed by atoms with E-state index in [0.29, 0.717) is 42.7 Å². The lowest BCUT2D eigenvalue weighted by Gasteiger charge is -2.15. The van der Waals surface area contributed by atoms with Gasteiger partial charge in [0.1, 0.15) is 16.8 Å². The molecule has 2 N–H and O–H groups in total. The van der Waals surface area contributed by atoms with Crippen LogP contribution in [0, 0.1) is 12.3 Å². The number of aromatic nitrogens is 5. The van der Waals surface area contributed by atoms with Crippen molar-refractivity contribution in [2.24, 2.45) is 0 Å². The van der Waals surface area contributed by atoms with Gasteiger partial charge in [0, 0.05) is 38.2 Å². The minimum Gasteiger partial charge on any atom is -0.352 e. The van der Waals surface area contributed by atoms with E-state index in [4.69, 9.17) is 5.41 Å². The second-order valence-electron chi connectivity index (χ2n) is 7.16. The molecule has 0 spiro atoms. The van der Waals surface area contributed by atoms with E-state index < -0.39 is 0 Å². The monoisotopic (exact) mass is 405 g/mol. The van der Waals surface area contributed by atoms with Crippen molar-refractivity contribution >= 4 is 22.6 Å². The third-order valence-corrected chi connectivity index (χ3v) is 4.99. The summed E-state index contributed by atoms with van der Waals surface area (Å²) < 4.78 is 5.08. The van der Waals surface area contributed by atoms with E-state index in [9.17, 15) is 9.59 Å². The molecule has 4 rings (SSSR count). The summed E-state index contributed by atoms with van der Waals surface area (Å²) in [5.74, 6) is -0.374. The number of carbonyl (C=O) groups is 1. The van der Waals surface area contributed by atoms with Crippen LogP contribution in [0.1, 0.15) is 29.3 Å². The van der Waals surface area contributed by atoms with Crippen molar-refractivity contribution in [1.29, 1.82) is 5.41 Å². The molecular weight excluding hydrogens is 382 g/mol. The second-order valence-corrected chi connectivity index (χ2v) is 7.16. The molecule has 0 radical (unpaired) electrons. The van der Waals surface area contributed by atoms with Crippen LogP contribution in [0.2, 0.25) is 0 Å². The first-order chi connectivity index (χ1) is 14.5. The molecule has 4 aromatic heterocycles. The molecule has 0 aliphatic carbocycles. The predicted octanol–water partition coefficient (Wildman–Crippen LogP) is 1.47. The normalized spacial score (nSPS) is 11.3. The standard InChI is InChI=1S/C21H23N7O2/c1-3-24-20(29)15-11-16-19(25-17-6-5-14(2)12-28(17)21(16)30)27(18(15)22)9-4-8-26-10-7-23-13-26/h5-7,10-13,22H,3-4,8-9H2,1-2H3,(H,24,29). The molecule has 30 heavy (non-hydrogen) atoms. The minimum atomic E-state index is -0.374. The molecule has 9 nitrogen and oxygen atoms in total. The van der Waals surface area contributed by atoms with Crippen LogP contribution >= 0.6 is 0 Å². The molecule has 4 aromatic rings. The Morgan fingerprint density at radius 1 is 1.27 bits per heavy atom. The number of rotatable bonds is 6. The predicted molar refractivity (Wildman–Crippen MR) is 112 cm³/mol. The maximum Gasteiger partial charge on any atom is 0.267 e. The van der Waals surface area contributed by atoms with Gasteiger partial charge in [0.2, 0.25) is 0 Å². The lowest BCUT2D eigenvalue weighted by molar-refractivity contribution is 0.0953.